The number of aromatic nitrogens is 4. The number of nitrogens with two attached hydrogens (primary N) is 1. The average molecular weight is 267 g/mol. The molecule has 1 unspecified atom stereocenters. The molecule has 0 fully saturated rings. The molecule has 0 saturated carbocycles. The number of hydrazine groups is 1. The molecule has 0 aliphatic carbocycles. The van der Waals surface area contributed by atoms with E-state index in [0.717, 1.165) is 11.1 Å². The smallest absolute Gasteiger partial charge is 0.176 e. The van der Waals surface area contributed by atoms with E-state index in [1.54, 1.807) is 7.05 Å². The van der Waals surface area contributed by atoms with Crippen LogP contribution in [0.4, 0.5) is 0 Å². The highest BCUT2D eigenvalue weighted by Crippen LogP contribution is 2.22. The molecule has 0 bridgehead atoms. The van der Waals surface area contributed by atoms with Crippen LogP contribution < -0.4 is 11.3 Å². The van der Waals surface area contributed by atoms with Crippen LogP contribution >= 0.6 is 11.6 Å². The number of aryl methyl sites for hydroxylation is 2. The lowest BCUT2D eigenvalue weighted by molar-refractivity contribution is 0.534. The maximum absolute atomic E-state index is 5.94. The van der Waals surface area contributed by atoms with Crippen LogP contribution in [0.5, 0.6) is 0 Å². The summed E-state index contributed by atoms with van der Waals surface area (Å²) in [5.41, 5.74) is 4.93. The number of benzene rings is 1. The van der Waals surface area contributed by atoms with Crippen LogP contribution in [0.2, 0.25) is 5.02 Å². The maximum Gasteiger partial charge on any atom is 0.176 e. The molecular formula is C11H15ClN6. The zero-order valence-corrected chi connectivity index (χ0v) is 11.0. The monoisotopic (exact) mass is 266 g/mol. The Morgan fingerprint density at radius 1 is 1.50 bits per heavy atom. The van der Waals surface area contributed by atoms with Gasteiger partial charge in [0.05, 0.1) is 13.1 Å². The molecule has 6 nitrogen and oxygen atoms in total. The molecule has 1 atom stereocenters. The highest BCUT2D eigenvalue weighted by atomic mass is 35.5. The summed E-state index contributed by atoms with van der Waals surface area (Å²) in [6.45, 7) is 2.00. The van der Waals surface area contributed by atoms with Crippen molar-refractivity contribution in [2.75, 3.05) is 0 Å². The number of tetrazole rings is 1. The minimum atomic E-state index is -0.0635. The lowest BCUT2D eigenvalue weighted by atomic mass is 9.99. The fourth-order valence-electron chi connectivity index (χ4n) is 1.88. The first-order chi connectivity index (χ1) is 8.60. The Hall–Kier alpha value is -1.50. The van der Waals surface area contributed by atoms with Crippen molar-refractivity contribution in [2.24, 2.45) is 12.9 Å². The van der Waals surface area contributed by atoms with Crippen LogP contribution in [0.1, 0.15) is 23.0 Å². The minimum Gasteiger partial charge on any atom is -0.271 e. The molecule has 0 aliphatic rings. The van der Waals surface area contributed by atoms with Crippen LogP contribution in [-0.4, -0.2) is 20.2 Å². The lowest BCUT2D eigenvalue weighted by Crippen LogP contribution is -2.30. The van der Waals surface area contributed by atoms with E-state index in [1.807, 2.05) is 25.1 Å². The third-order valence-electron chi connectivity index (χ3n) is 2.74. The Bertz CT molecular complexity index is 538. The molecule has 0 amide bonds. The number of rotatable bonds is 4. The molecule has 0 saturated heterocycles. The topological polar surface area (TPSA) is 81.7 Å². The fraction of sp³-hybridized carbons (Fsp3) is 0.364. The van der Waals surface area contributed by atoms with Gasteiger partial charge in [0.1, 0.15) is 0 Å². The summed E-state index contributed by atoms with van der Waals surface area (Å²) < 4.78 is 0. The van der Waals surface area contributed by atoms with Gasteiger partial charge in [0.2, 0.25) is 0 Å². The first kappa shape index (κ1) is 12.9. The van der Waals surface area contributed by atoms with Gasteiger partial charge in [-0.15, -0.1) is 10.2 Å². The second kappa shape index (κ2) is 5.43. The van der Waals surface area contributed by atoms with Gasteiger partial charge in [-0.1, -0.05) is 17.7 Å². The van der Waals surface area contributed by atoms with Crippen LogP contribution in [0.3, 0.4) is 0 Å². The van der Waals surface area contributed by atoms with Gasteiger partial charge in [0.15, 0.2) is 5.82 Å². The maximum atomic E-state index is 5.94. The number of hydrogen-bond acceptors (Lipinski definition) is 5. The summed E-state index contributed by atoms with van der Waals surface area (Å²) in [4.78, 5) is 1.43. The summed E-state index contributed by atoms with van der Waals surface area (Å²) in [5, 5.41) is 12.6. The SMILES string of the molecule is Cc1cc(Cl)ccc1C(Cc1nnn(C)n1)NN. The molecule has 18 heavy (non-hydrogen) atoms. The third-order valence-corrected chi connectivity index (χ3v) is 2.98. The Balaban J connectivity index is 2.22. The van der Waals surface area contributed by atoms with E-state index < -0.39 is 0 Å². The fourth-order valence-corrected chi connectivity index (χ4v) is 2.10. The normalized spacial score (nSPS) is 12.7. The number of hydrogen-bond donors (Lipinski definition) is 2. The van der Waals surface area contributed by atoms with Gasteiger partial charge in [-0.3, -0.25) is 11.3 Å². The summed E-state index contributed by atoms with van der Waals surface area (Å²) in [5.74, 6) is 6.25. The molecule has 1 aromatic heterocycles. The van der Waals surface area contributed by atoms with Crippen molar-refractivity contribution >= 4 is 11.6 Å². The molecule has 0 radical (unpaired) electrons. The van der Waals surface area contributed by atoms with Crippen LogP contribution in [0.25, 0.3) is 0 Å². The van der Waals surface area contributed by atoms with E-state index in [4.69, 9.17) is 17.4 Å². The van der Waals surface area contributed by atoms with Gasteiger partial charge in [-0.25, -0.2) is 0 Å². The number of nitrogens with zero attached hydrogens (tertiary/aromatic N) is 4. The van der Waals surface area contributed by atoms with Crippen molar-refractivity contribution in [1.29, 1.82) is 0 Å². The van der Waals surface area contributed by atoms with E-state index in [9.17, 15) is 0 Å². The zero-order valence-electron chi connectivity index (χ0n) is 10.3. The van der Waals surface area contributed by atoms with E-state index in [-0.39, 0.29) is 6.04 Å². The molecule has 3 N–H and O–H groups in total. The van der Waals surface area contributed by atoms with E-state index in [2.05, 4.69) is 20.8 Å². The molecule has 2 aromatic rings. The quantitative estimate of drug-likeness (QED) is 0.635. The Morgan fingerprint density at radius 2 is 2.28 bits per heavy atom. The molecule has 1 aromatic carbocycles. The van der Waals surface area contributed by atoms with Crippen molar-refractivity contribution in [1.82, 2.24) is 25.6 Å². The minimum absolute atomic E-state index is 0.0635. The highest BCUT2D eigenvalue weighted by molar-refractivity contribution is 6.30. The Morgan fingerprint density at radius 3 is 2.83 bits per heavy atom. The highest BCUT2D eigenvalue weighted by Gasteiger charge is 2.15. The predicted octanol–water partition coefficient (Wildman–Crippen LogP) is 0.919. The number of nitrogens with one attached hydrogen (secondary N) is 1. The second-order valence-electron chi connectivity index (χ2n) is 4.12. The van der Waals surface area contributed by atoms with Crippen molar-refractivity contribution in [3.63, 3.8) is 0 Å². The second-order valence-corrected chi connectivity index (χ2v) is 4.56. The van der Waals surface area contributed by atoms with E-state index >= 15 is 0 Å². The van der Waals surface area contributed by atoms with Gasteiger partial charge < -0.3 is 0 Å². The molecule has 0 aliphatic heterocycles. The average Bonchev–Trinajstić information content (AvgIpc) is 2.72. The van der Waals surface area contributed by atoms with Crippen LogP contribution in [-0.2, 0) is 13.5 Å². The summed E-state index contributed by atoms with van der Waals surface area (Å²) in [6, 6.07) is 5.65. The first-order valence-electron chi connectivity index (χ1n) is 5.55. The summed E-state index contributed by atoms with van der Waals surface area (Å²) >= 11 is 5.94. The molecule has 7 heteroatoms. The van der Waals surface area contributed by atoms with Crippen molar-refractivity contribution < 1.29 is 0 Å². The summed E-state index contributed by atoms with van der Waals surface area (Å²) in [6.07, 6.45) is 0.576. The van der Waals surface area contributed by atoms with Crippen molar-refractivity contribution in [3.05, 3.63) is 40.2 Å². The first-order valence-corrected chi connectivity index (χ1v) is 5.93. The molecule has 96 valence electrons. The molecule has 1 heterocycles. The van der Waals surface area contributed by atoms with Gasteiger partial charge in [0.25, 0.3) is 0 Å². The largest absolute Gasteiger partial charge is 0.271 e. The van der Waals surface area contributed by atoms with Gasteiger partial charge in [-0.05, 0) is 35.4 Å². The Kier molecular flexibility index (Phi) is 3.90. The Labute approximate surface area is 110 Å². The van der Waals surface area contributed by atoms with E-state index in [0.29, 0.717) is 17.3 Å². The van der Waals surface area contributed by atoms with Crippen molar-refractivity contribution in [2.45, 2.75) is 19.4 Å². The van der Waals surface area contributed by atoms with Gasteiger partial charge >= 0.3 is 0 Å². The molecule has 2 rings (SSSR count). The molecular weight excluding hydrogens is 252 g/mol. The van der Waals surface area contributed by atoms with Gasteiger partial charge in [-0.2, -0.15) is 4.80 Å². The predicted molar refractivity (Wildman–Crippen MR) is 68.8 cm³/mol. The van der Waals surface area contributed by atoms with Crippen molar-refractivity contribution in [3.8, 4) is 0 Å². The molecule has 0 spiro atoms. The standard InChI is InChI=1S/C11H15ClN6/c1-7-5-8(12)3-4-9(7)10(14-13)6-11-15-17-18(2)16-11/h3-5,10,14H,6,13H2,1-2H3. The lowest BCUT2D eigenvalue weighted by Gasteiger charge is -2.17. The number of halogens is 1. The van der Waals surface area contributed by atoms with Crippen LogP contribution in [0.15, 0.2) is 18.2 Å². The summed E-state index contributed by atoms with van der Waals surface area (Å²) in [7, 11) is 1.73. The van der Waals surface area contributed by atoms with Gasteiger partial charge in [0, 0.05) is 11.4 Å². The van der Waals surface area contributed by atoms with Crippen LogP contribution in [0, 0.1) is 6.92 Å². The van der Waals surface area contributed by atoms with E-state index in [1.165, 1.54) is 4.80 Å². The zero-order chi connectivity index (χ0) is 13.1. The third kappa shape index (κ3) is 2.84.